The van der Waals surface area contributed by atoms with Gasteiger partial charge in [-0.1, -0.05) is 68.4 Å². The van der Waals surface area contributed by atoms with E-state index < -0.39 is 5.91 Å². The molecule has 1 unspecified atom stereocenters. The number of aryl methyl sites for hydroxylation is 1. The molecule has 58 heavy (non-hydrogen) atoms. The van der Waals surface area contributed by atoms with Crippen LogP contribution in [0.5, 0.6) is 0 Å². The first-order valence-electron chi connectivity index (χ1n) is 20.3. The van der Waals surface area contributed by atoms with E-state index in [-0.39, 0.29) is 35.1 Å². The molecule has 2 atom stereocenters. The second-order valence-electron chi connectivity index (χ2n) is 17.3. The summed E-state index contributed by atoms with van der Waals surface area (Å²) in [5, 5.41) is 11.5. The fourth-order valence-corrected chi connectivity index (χ4v) is 8.91. The minimum Gasteiger partial charge on any atom is -0.369 e. The van der Waals surface area contributed by atoms with Gasteiger partial charge < -0.3 is 19.7 Å². The molecular weight excluding hydrogens is 731 g/mol. The van der Waals surface area contributed by atoms with Crippen LogP contribution in [0.2, 0.25) is 0 Å². The summed E-state index contributed by atoms with van der Waals surface area (Å²) in [5.41, 5.74) is 8.87. The van der Waals surface area contributed by atoms with Crippen molar-refractivity contribution in [2.24, 2.45) is 0 Å². The summed E-state index contributed by atoms with van der Waals surface area (Å²) in [5.74, 6) is -0.0122. The Bertz CT molecular complexity index is 2540. The van der Waals surface area contributed by atoms with Gasteiger partial charge in [0.1, 0.15) is 12.0 Å². The van der Waals surface area contributed by atoms with Crippen LogP contribution in [-0.4, -0.2) is 79.9 Å². The van der Waals surface area contributed by atoms with Crippen molar-refractivity contribution in [3.63, 3.8) is 0 Å². The Hall–Kier alpha value is -5.95. The number of H-pyrrole nitrogens is 1. The van der Waals surface area contributed by atoms with E-state index in [1.54, 1.807) is 6.33 Å². The zero-order valence-corrected chi connectivity index (χ0v) is 33.6. The minimum atomic E-state index is -0.405. The molecule has 1 saturated carbocycles. The highest BCUT2D eigenvalue weighted by Crippen LogP contribution is 2.41. The van der Waals surface area contributed by atoms with E-state index >= 15 is 0 Å². The number of piperidine rings is 1. The van der Waals surface area contributed by atoms with Crippen molar-refractivity contribution in [2.75, 3.05) is 31.1 Å². The molecule has 298 valence electrons. The molecule has 3 N–H and O–H groups in total. The van der Waals surface area contributed by atoms with Crippen molar-refractivity contribution in [3.05, 3.63) is 101 Å². The number of benzene rings is 3. The maximum absolute atomic E-state index is 13.0. The SMILES string of the molecule is Cc1cc(-c2ncnc3[nH]c4cc(N5CCN(C6CC(c7ccc(C8CCC(=O)NC8=O)cc7)C6)CC5)ccc4c23)ccc1[C@@H](C)NC(=O)c1nc(C(C)(C)C)no1. The van der Waals surface area contributed by atoms with Gasteiger partial charge in [-0.25, -0.2) is 9.97 Å². The maximum atomic E-state index is 13.0. The Morgan fingerprint density at radius 3 is 2.41 bits per heavy atom. The molecule has 5 heterocycles. The average molecular weight is 780 g/mol. The number of carbonyl (C=O) groups is 3. The quantitative estimate of drug-likeness (QED) is 0.139. The first-order valence-corrected chi connectivity index (χ1v) is 20.3. The smallest absolute Gasteiger partial charge is 0.315 e. The molecule has 3 amide bonds. The number of rotatable bonds is 8. The van der Waals surface area contributed by atoms with Gasteiger partial charge in [-0.3, -0.25) is 24.6 Å². The Labute approximate surface area is 337 Å². The van der Waals surface area contributed by atoms with E-state index in [9.17, 15) is 14.4 Å². The first-order chi connectivity index (χ1) is 27.9. The topological polar surface area (TPSA) is 162 Å². The number of aromatic amines is 1. The average Bonchev–Trinajstić information content (AvgIpc) is 3.84. The standard InChI is InChI=1S/C45H49N9O4/c1-25-20-29(10-12-33(25)26(2)48-42(57)43-51-44(52-58-43)45(3,4)5)39-38-35-13-11-31(23-36(35)49-40(38)47-24-46-39)53-16-18-54(19-17-53)32-21-30(22-32)27-6-8-28(9-7-27)34-14-15-37(55)50-41(34)56/h6-13,20,23-24,26,30,32,34H,14-19,21-22H2,1-5H3,(H,48,57)(H,46,47,49)(H,50,55,56)/t26-,30?,32?,34?/m1/s1. The number of carbonyl (C=O) groups excluding carboxylic acids is 3. The lowest BCUT2D eigenvalue weighted by atomic mass is 9.74. The Morgan fingerprint density at radius 2 is 1.71 bits per heavy atom. The van der Waals surface area contributed by atoms with Crippen LogP contribution in [0.4, 0.5) is 5.69 Å². The number of nitrogens with zero attached hydrogens (tertiary/aromatic N) is 6. The highest BCUT2D eigenvalue weighted by atomic mass is 16.5. The number of imide groups is 1. The third-order valence-corrected chi connectivity index (χ3v) is 12.4. The van der Waals surface area contributed by atoms with Gasteiger partial charge in [-0.05, 0) is 79.5 Å². The summed E-state index contributed by atoms with van der Waals surface area (Å²) in [6.07, 6.45) is 4.89. The van der Waals surface area contributed by atoms with Crippen LogP contribution in [0.25, 0.3) is 33.2 Å². The number of hydrogen-bond donors (Lipinski definition) is 3. The maximum Gasteiger partial charge on any atom is 0.315 e. The largest absolute Gasteiger partial charge is 0.369 e. The van der Waals surface area contributed by atoms with Crippen LogP contribution < -0.4 is 15.5 Å². The Kier molecular flexibility index (Phi) is 9.58. The predicted molar refractivity (Wildman–Crippen MR) is 222 cm³/mol. The molecule has 9 rings (SSSR count). The van der Waals surface area contributed by atoms with E-state index in [4.69, 9.17) is 9.51 Å². The van der Waals surface area contributed by atoms with Gasteiger partial charge in [-0.15, -0.1) is 0 Å². The Morgan fingerprint density at radius 1 is 0.948 bits per heavy atom. The molecule has 6 aromatic rings. The van der Waals surface area contributed by atoms with Crippen molar-refractivity contribution in [3.8, 4) is 11.3 Å². The zero-order valence-electron chi connectivity index (χ0n) is 33.6. The van der Waals surface area contributed by atoms with Gasteiger partial charge in [0.2, 0.25) is 11.8 Å². The molecule has 2 saturated heterocycles. The van der Waals surface area contributed by atoms with Crippen LogP contribution in [0.15, 0.2) is 71.5 Å². The second kappa shape index (κ2) is 14.8. The fraction of sp³-hybridized carbons (Fsp3) is 0.400. The number of amides is 3. The molecule has 0 spiro atoms. The van der Waals surface area contributed by atoms with Crippen LogP contribution in [0.1, 0.15) is 110 Å². The molecule has 2 aliphatic heterocycles. The van der Waals surface area contributed by atoms with E-state index in [0.717, 1.165) is 88.9 Å². The summed E-state index contributed by atoms with van der Waals surface area (Å²) in [6, 6.07) is 21.6. The summed E-state index contributed by atoms with van der Waals surface area (Å²) in [6.45, 7) is 13.9. The lowest BCUT2D eigenvalue weighted by molar-refractivity contribution is -0.134. The third kappa shape index (κ3) is 7.12. The molecule has 1 aliphatic carbocycles. The molecule has 3 aliphatic rings. The normalized spacial score (nSPS) is 20.9. The van der Waals surface area contributed by atoms with Gasteiger partial charge in [0.05, 0.1) is 23.0 Å². The molecule has 13 nitrogen and oxygen atoms in total. The number of aromatic nitrogens is 5. The number of anilines is 1. The highest BCUT2D eigenvalue weighted by Gasteiger charge is 2.36. The van der Waals surface area contributed by atoms with E-state index in [1.165, 1.54) is 11.3 Å². The molecule has 0 radical (unpaired) electrons. The van der Waals surface area contributed by atoms with Crippen molar-refractivity contribution >= 4 is 45.3 Å². The number of fused-ring (bicyclic) bond motifs is 3. The number of hydrogen-bond acceptors (Lipinski definition) is 10. The third-order valence-electron chi connectivity index (χ3n) is 12.4. The molecular formula is C45H49N9O4. The van der Waals surface area contributed by atoms with Gasteiger partial charge in [0.25, 0.3) is 0 Å². The van der Waals surface area contributed by atoms with Gasteiger partial charge >= 0.3 is 11.8 Å². The van der Waals surface area contributed by atoms with Crippen LogP contribution in [-0.2, 0) is 15.0 Å². The van der Waals surface area contributed by atoms with Crippen molar-refractivity contribution < 1.29 is 18.9 Å². The van der Waals surface area contributed by atoms with Crippen LogP contribution >= 0.6 is 0 Å². The minimum absolute atomic E-state index is 0.0447. The van der Waals surface area contributed by atoms with Crippen LogP contribution in [0.3, 0.4) is 0 Å². The summed E-state index contributed by atoms with van der Waals surface area (Å²) < 4.78 is 5.25. The highest BCUT2D eigenvalue weighted by molar-refractivity contribution is 6.12. The molecule has 3 fully saturated rings. The molecule has 0 bridgehead atoms. The van der Waals surface area contributed by atoms with Crippen molar-refractivity contribution in [1.82, 2.24) is 40.6 Å². The molecule has 13 heteroatoms. The van der Waals surface area contributed by atoms with Gasteiger partial charge in [-0.2, -0.15) is 4.98 Å². The lowest BCUT2D eigenvalue weighted by Crippen LogP contribution is -2.53. The van der Waals surface area contributed by atoms with Gasteiger partial charge in [0.15, 0.2) is 5.82 Å². The van der Waals surface area contributed by atoms with E-state index in [2.05, 4.69) is 89.1 Å². The Balaban J connectivity index is 0.831. The van der Waals surface area contributed by atoms with E-state index in [0.29, 0.717) is 30.6 Å². The second-order valence-corrected chi connectivity index (χ2v) is 17.3. The lowest BCUT2D eigenvalue weighted by Gasteiger charge is -2.47. The summed E-state index contributed by atoms with van der Waals surface area (Å²) in [4.78, 5) is 59.2. The van der Waals surface area contributed by atoms with Crippen molar-refractivity contribution in [2.45, 2.75) is 89.6 Å². The first kappa shape index (κ1) is 37.6. The molecule has 3 aromatic heterocycles. The predicted octanol–water partition coefficient (Wildman–Crippen LogP) is 6.85. The van der Waals surface area contributed by atoms with Crippen LogP contribution in [0, 0.1) is 6.92 Å². The summed E-state index contributed by atoms with van der Waals surface area (Å²) in [7, 11) is 0. The number of piperazine rings is 1. The van der Waals surface area contributed by atoms with Crippen molar-refractivity contribution in [1.29, 1.82) is 0 Å². The van der Waals surface area contributed by atoms with Gasteiger partial charge in [0, 0.05) is 66.2 Å². The number of nitrogens with one attached hydrogen (secondary N) is 3. The fourth-order valence-electron chi connectivity index (χ4n) is 8.91. The monoisotopic (exact) mass is 779 g/mol. The molecule has 3 aromatic carbocycles. The summed E-state index contributed by atoms with van der Waals surface area (Å²) >= 11 is 0. The zero-order chi connectivity index (χ0) is 40.3. The van der Waals surface area contributed by atoms with E-state index in [1.807, 2.05) is 46.8 Å².